The predicted molar refractivity (Wildman–Crippen MR) is 104 cm³/mol. The molecule has 1 aliphatic rings. The summed E-state index contributed by atoms with van der Waals surface area (Å²) in [6.07, 6.45) is 0. The molecule has 10 heteroatoms. The van der Waals surface area contributed by atoms with Gasteiger partial charge < -0.3 is 4.90 Å². The number of benzene rings is 1. The Bertz CT molecular complexity index is 996. The van der Waals surface area contributed by atoms with E-state index in [9.17, 15) is 13.2 Å². The van der Waals surface area contributed by atoms with Crippen molar-refractivity contribution in [3.8, 4) is 0 Å². The van der Waals surface area contributed by atoms with E-state index in [-0.39, 0.29) is 28.9 Å². The van der Waals surface area contributed by atoms with Crippen LogP contribution in [-0.4, -0.2) is 59.5 Å². The zero-order valence-corrected chi connectivity index (χ0v) is 17.6. The number of rotatable bonds is 3. The molecule has 7 nitrogen and oxygen atoms in total. The number of nitrogens with zero attached hydrogens (tertiary/aromatic N) is 4. The topological polar surface area (TPSA) is 75.5 Å². The maximum Gasteiger partial charge on any atom is 0.257 e. The number of carbonyl (C=O) groups is 1. The number of sulfonamides is 1. The molecule has 0 radical (unpaired) electrons. The van der Waals surface area contributed by atoms with E-state index in [4.69, 9.17) is 23.2 Å². The van der Waals surface area contributed by atoms with Crippen LogP contribution in [0.3, 0.4) is 0 Å². The van der Waals surface area contributed by atoms with E-state index in [1.807, 2.05) is 6.92 Å². The molecule has 1 aromatic heterocycles. The molecule has 0 unspecified atom stereocenters. The molecule has 1 amide bonds. The third-order valence-corrected chi connectivity index (χ3v) is 7.38. The Morgan fingerprint density at radius 2 is 1.74 bits per heavy atom. The fourth-order valence-corrected chi connectivity index (χ4v) is 5.35. The highest BCUT2D eigenvalue weighted by atomic mass is 35.5. The number of hydrogen-bond donors (Lipinski definition) is 0. The summed E-state index contributed by atoms with van der Waals surface area (Å²) in [5.41, 5.74) is 2.03. The monoisotopic (exact) mass is 430 g/mol. The number of carbonyl (C=O) groups excluding carboxylic acids is 1. The minimum absolute atomic E-state index is 0.0182. The number of aryl methyl sites for hydroxylation is 2. The smallest absolute Gasteiger partial charge is 0.257 e. The van der Waals surface area contributed by atoms with Crippen molar-refractivity contribution >= 4 is 39.1 Å². The van der Waals surface area contributed by atoms with E-state index in [0.717, 1.165) is 5.69 Å². The first-order valence-corrected chi connectivity index (χ1v) is 10.6. The highest BCUT2D eigenvalue weighted by Gasteiger charge is 2.33. The molecule has 1 aliphatic heterocycles. The zero-order valence-electron chi connectivity index (χ0n) is 15.2. The second-order valence-electron chi connectivity index (χ2n) is 6.44. The van der Waals surface area contributed by atoms with Crippen molar-refractivity contribution < 1.29 is 13.2 Å². The molecule has 0 aliphatic carbocycles. The molecule has 27 heavy (non-hydrogen) atoms. The van der Waals surface area contributed by atoms with E-state index in [0.29, 0.717) is 29.4 Å². The molecule has 2 heterocycles. The Morgan fingerprint density at radius 3 is 2.30 bits per heavy atom. The van der Waals surface area contributed by atoms with Gasteiger partial charge in [0.2, 0.25) is 10.0 Å². The summed E-state index contributed by atoms with van der Waals surface area (Å²) in [6.45, 7) is 4.61. The van der Waals surface area contributed by atoms with Gasteiger partial charge in [0.05, 0.1) is 16.3 Å². The number of halogens is 2. The molecule has 1 aromatic carbocycles. The number of aromatic nitrogens is 2. The van der Waals surface area contributed by atoms with Crippen molar-refractivity contribution in [2.45, 2.75) is 18.7 Å². The summed E-state index contributed by atoms with van der Waals surface area (Å²) in [5.74, 6) is -0.129. The second-order valence-corrected chi connectivity index (χ2v) is 9.19. The average Bonchev–Trinajstić information content (AvgIpc) is 2.88. The Kier molecular flexibility index (Phi) is 5.54. The van der Waals surface area contributed by atoms with Crippen LogP contribution >= 0.6 is 23.2 Å². The number of hydrogen-bond acceptors (Lipinski definition) is 4. The maximum absolute atomic E-state index is 12.9. The van der Waals surface area contributed by atoms with Gasteiger partial charge in [-0.2, -0.15) is 9.40 Å². The Morgan fingerprint density at radius 1 is 1.11 bits per heavy atom. The number of amides is 1. The van der Waals surface area contributed by atoms with Crippen LogP contribution < -0.4 is 0 Å². The van der Waals surface area contributed by atoms with Crippen LogP contribution in [0, 0.1) is 13.8 Å². The van der Waals surface area contributed by atoms with Crippen LogP contribution in [0.25, 0.3) is 0 Å². The summed E-state index contributed by atoms with van der Waals surface area (Å²) in [6, 6.07) is 4.35. The molecule has 146 valence electrons. The standard InChI is InChI=1S/C17H20Cl2N4O3S/c1-11-16(12(2)21(3)20-11)17(24)22-6-8-23(9-7-22)27(25,26)15-10-13(18)4-5-14(15)19/h4-5,10H,6-9H2,1-3H3. The van der Waals surface area contributed by atoms with Crippen molar-refractivity contribution in [2.24, 2.45) is 7.05 Å². The lowest BCUT2D eigenvalue weighted by Crippen LogP contribution is -2.50. The van der Waals surface area contributed by atoms with Crippen molar-refractivity contribution in [3.63, 3.8) is 0 Å². The van der Waals surface area contributed by atoms with Crippen LogP contribution in [0.1, 0.15) is 21.7 Å². The first kappa shape index (κ1) is 20.1. The number of piperazine rings is 1. The van der Waals surface area contributed by atoms with Gasteiger partial charge in [-0.15, -0.1) is 0 Å². The van der Waals surface area contributed by atoms with Crippen molar-refractivity contribution in [1.82, 2.24) is 19.0 Å². The highest BCUT2D eigenvalue weighted by molar-refractivity contribution is 7.89. The largest absolute Gasteiger partial charge is 0.336 e. The molecule has 0 atom stereocenters. The molecule has 1 saturated heterocycles. The van der Waals surface area contributed by atoms with Gasteiger partial charge in [-0.25, -0.2) is 8.42 Å². The molecule has 0 spiro atoms. The van der Waals surface area contributed by atoms with Gasteiger partial charge in [0.15, 0.2) is 0 Å². The summed E-state index contributed by atoms with van der Waals surface area (Å²) < 4.78 is 28.8. The van der Waals surface area contributed by atoms with Crippen molar-refractivity contribution in [3.05, 3.63) is 45.2 Å². The van der Waals surface area contributed by atoms with Gasteiger partial charge in [0.1, 0.15) is 4.90 Å². The summed E-state index contributed by atoms with van der Waals surface area (Å²) in [5, 5.41) is 4.70. The molecule has 2 aromatic rings. The molecule has 3 rings (SSSR count). The van der Waals surface area contributed by atoms with E-state index in [1.165, 1.54) is 22.5 Å². The third kappa shape index (κ3) is 3.71. The second kappa shape index (κ2) is 7.43. The minimum atomic E-state index is -3.78. The van der Waals surface area contributed by atoms with E-state index in [1.54, 1.807) is 23.6 Å². The van der Waals surface area contributed by atoms with Crippen molar-refractivity contribution in [2.75, 3.05) is 26.2 Å². The van der Waals surface area contributed by atoms with Gasteiger partial charge in [-0.3, -0.25) is 9.48 Å². The zero-order chi connectivity index (χ0) is 19.9. The van der Waals surface area contributed by atoms with Gasteiger partial charge in [-0.1, -0.05) is 23.2 Å². The lowest BCUT2D eigenvalue weighted by molar-refractivity contribution is 0.0696. The van der Waals surface area contributed by atoms with Crippen LogP contribution in [0.5, 0.6) is 0 Å². The van der Waals surface area contributed by atoms with Gasteiger partial charge >= 0.3 is 0 Å². The van der Waals surface area contributed by atoms with Gasteiger partial charge in [0.25, 0.3) is 5.91 Å². The summed E-state index contributed by atoms with van der Waals surface area (Å²) >= 11 is 12.0. The molecule has 0 saturated carbocycles. The first-order chi connectivity index (χ1) is 12.6. The Labute approximate surface area is 168 Å². The van der Waals surface area contributed by atoms with Crippen LogP contribution in [0.15, 0.2) is 23.1 Å². The van der Waals surface area contributed by atoms with E-state index in [2.05, 4.69) is 5.10 Å². The third-order valence-electron chi connectivity index (χ3n) is 4.76. The van der Waals surface area contributed by atoms with Crippen LogP contribution in [0.2, 0.25) is 10.0 Å². The van der Waals surface area contributed by atoms with Crippen molar-refractivity contribution in [1.29, 1.82) is 0 Å². The maximum atomic E-state index is 12.9. The summed E-state index contributed by atoms with van der Waals surface area (Å²) in [4.78, 5) is 14.5. The SMILES string of the molecule is Cc1nn(C)c(C)c1C(=O)N1CCN(S(=O)(=O)c2cc(Cl)ccc2Cl)CC1. The van der Waals surface area contributed by atoms with Crippen LogP contribution in [0.4, 0.5) is 0 Å². The van der Waals surface area contributed by atoms with Gasteiger partial charge in [0, 0.05) is 43.9 Å². The first-order valence-electron chi connectivity index (χ1n) is 8.37. The van der Waals surface area contributed by atoms with E-state index >= 15 is 0 Å². The van der Waals surface area contributed by atoms with Crippen LogP contribution in [-0.2, 0) is 17.1 Å². The lowest BCUT2D eigenvalue weighted by Gasteiger charge is -2.34. The minimum Gasteiger partial charge on any atom is -0.336 e. The fourth-order valence-electron chi connectivity index (χ4n) is 3.19. The Balaban J connectivity index is 1.77. The molecular weight excluding hydrogens is 411 g/mol. The quantitative estimate of drug-likeness (QED) is 0.749. The van der Waals surface area contributed by atoms with Gasteiger partial charge in [-0.05, 0) is 32.0 Å². The molecular formula is C17H20Cl2N4O3S. The Hall–Kier alpha value is -1.61. The van der Waals surface area contributed by atoms with E-state index < -0.39 is 10.0 Å². The predicted octanol–water partition coefficient (Wildman–Crippen LogP) is 2.49. The fraction of sp³-hybridized carbons (Fsp3) is 0.412. The highest BCUT2D eigenvalue weighted by Crippen LogP contribution is 2.28. The molecule has 0 N–H and O–H groups in total. The summed E-state index contributed by atoms with van der Waals surface area (Å²) in [7, 11) is -1.99. The molecule has 0 bridgehead atoms. The lowest BCUT2D eigenvalue weighted by atomic mass is 10.1. The normalized spacial score (nSPS) is 16.0. The molecule has 1 fully saturated rings. The average molecular weight is 431 g/mol.